The van der Waals surface area contributed by atoms with Crippen molar-refractivity contribution < 1.29 is 0 Å². The van der Waals surface area contributed by atoms with Crippen LogP contribution in [0.2, 0.25) is 0 Å². The summed E-state index contributed by atoms with van der Waals surface area (Å²) in [6.45, 7) is 6.21. The third-order valence-electron chi connectivity index (χ3n) is 3.28. The number of nitrogens with one attached hydrogen (secondary N) is 1. The van der Waals surface area contributed by atoms with Gasteiger partial charge in [-0.05, 0) is 26.1 Å². The van der Waals surface area contributed by atoms with Crippen LogP contribution in [0.5, 0.6) is 0 Å². The van der Waals surface area contributed by atoms with Crippen LogP contribution in [0.3, 0.4) is 0 Å². The summed E-state index contributed by atoms with van der Waals surface area (Å²) in [7, 11) is 2.14. The molecule has 0 amide bonds. The molecule has 98 valence electrons. The molecule has 1 aromatic carbocycles. The van der Waals surface area contributed by atoms with E-state index in [2.05, 4.69) is 48.0 Å². The topological polar surface area (TPSA) is 30.3 Å². The number of amidine groups is 1. The highest BCUT2D eigenvalue weighted by molar-refractivity contribution is 8.00. The Morgan fingerprint density at radius 2 is 1.78 bits per heavy atom. The third kappa shape index (κ3) is 3.75. The maximum Gasteiger partial charge on any atom is 0.106 e. The molecule has 0 spiro atoms. The molecule has 1 aliphatic rings. The minimum atomic E-state index is 0.758. The smallest absolute Gasteiger partial charge is 0.106 e. The highest BCUT2D eigenvalue weighted by Crippen LogP contribution is 2.19. The summed E-state index contributed by atoms with van der Waals surface area (Å²) in [5, 5.41) is 8.13. The summed E-state index contributed by atoms with van der Waals surface area (Å²) < 4.78 is 0. The van der Waals surface area contributed by atoms with Gasteiger partial charge in [0.25, 0.3) is 0 Å². The molecule has 0 saturated carbocycles. The molecular formula is C14H21N3S. The minimum Gasteiger partial charge on any atom is -0.357 e. The van der Waals surface area contributed by atoms with Gasteiger partial charge in [0, 0.05) is 31.1 Å². The summed E-state index contributed by atoms with van der Waals surface area (Å²) in [5.74, 6) is 1.53. The second kappa shape index (κ2) is 6.25. The zero-order valence-corrected chi connectivity index (χ0v) is 12.0. The van der Waals surface area contributed by atoms with Crippen molar-refractivity contribution >= 4 is 17.6 Å². The number of piperazine rings is 1. The van der Waals surface area contributed by atoms with Crippen molar-refractivity contribution in [2.24, 2.45) is 0 Å². The van der Waals surface area contributed by atoms with Crippen LogP contribution in [0.1, 0.15) is 5.56 Å². The van der Waals surface area contributed by atoms with E-state index >= 15 is 0 Å². The van der Waals surface area contributed by atoms with Crippen LogP contribution in [0.4, 0.5) is 0 Å². The van der Waals surface area contributed by atoms with E-state index in [1.165, 1.54) is 10.5 Å². The summed E-state index contributed by atoms with van der Waals surface area (Å²) in [4.78, 5) is 5.76. The molecule has 0 bridgehead atoms. The molecule has 1 saturated heterocycles. The molecule has 1 aromatic rings. The Balaban J connectivity index is 1.79. The number of benzene rings is 1. The summed E-state index contributed by atoms with van der Waals surface area (Å²) in [6.07, 6.45) is 0. The average molecular weight is 263 g/mol. The second-order valence-corrected chi connectivity index (χ2v) is 5.89. The summed E-state index contributed by atoms with van der Waals surface area (Å²) in [5.41, 5.74) is 1.29. The maximum atomic E-state index is 8.13. The average Bonchev–Trinajstić information content (AvgIpc) is 2.38. The van der Waals surface area contributed by atoms with Gasteiger partial charge < -0.3 is 9.80 Å². The molecule has 0 aliphatic carbocycles. The van der Waals surface area contributed by atoms with Gasteiger partial charge in [-0.15, -0.1) is 11.8 Å². The van der Waals surface area contributed by atoms with Crippen molar-refractivity contribution in [2.75, 3.05) is 39.0 Å². The maximum absolute atomic E-state index is 8.13. The predicted molar refractivity (Wildman–Crippen MR) is 78.7 cm³/mol. The minimum absolute atomic E-state index is 0.758. The molecule has 1 heterocycles. The molecule has 1 aliphatic heterocycles. The standard InChI is InChI=1S/C14H21N3S/c1-12-3-5-13(6-4-12)18-11-14(15)17-9-7-16(2)8-10-17/h3-6,15H,7-11H2,1-2H3. The van der Waals surface area contributed by atoms with E-state index in [0.717, 1.165) is 37.8 Å². The Hall–Kier alpha value is -1.00. The van der Waals surface area contributed by atoms with Crippen LogP contribution in [-0.2, 0) is 0 Å². The van der Waals surface area contributed by atoms with Gasteiger partial charge in [-0.25, -0.2) is 0 Å². The lowest BCUT2D eigenvalue weighted by Crippen LogP contribution is -2.47. The van der Waals surface area contributed by atoms with Crippen LogP contribution >= 0.6 is 11.8 Å². The second-order valence-electron chi connectivity index (χ2n) is 4.84. The monoisotopic (exact) mass is 263 g/mol. The van der Waals surface area contributed by atoms with E-state index in [1.54, 1.807) is 11.8 Å². The lowest BCUT2D eigenvalue weighted by atomic mass is 10.2. The van der Waals surface area contributed by atoms with Gasteiger partial charge in [-0.3, -0.25) is 5.41 Å². The Bertz CT molecular complexity index is 394. The fourth-order valence-corrected chi connectivity index (χ4v) is 2.77. The van der Waals surface area contributed by atoms with Crippen LogP contribution in [0, 0.1) is 12.3 Å². The number of nitrogens with zero attached hydrogens (tertiary/aromatic N) is 2. The van der Waals surface area contributed by atoms with E-state index in [4.69, 9.17) is 5.41 Å². The molecule has 0 radical (unpaired) electrons. The van der Waals surface area contributed by atoms with Crippen molar-refractivity contribution in [2.45, 2.75) is 11.8 Å². The van der Waals surface area contributed by atoms with Crippen molar-refractivity contribution in [3.63, 3.8) is 0 Å². The molecule has 0 unspecified atom stereocenters. The lowest BCUT2D eigenvalue weighted by molar-refractivity contribution is 0.214. The number of likely N-dealkylation sites (N-methyl/N-ethyl adjacent to an activating group) is 1. The molecule has 3 nitrogen and oxygen atoms in total. The van der Waals surface area contributed by atoms with E-state index in [1.807, 2.05) is 0 Å². The highest BCUT2D eigenvalue weighted by Gasteiger charge is 2.16. The summed E-state index contributed by atoms with van der Waals surface area (Å²) >= 11 is 1.75. The Kier molecular flexibility index (Phi) is 4.66. The van der Waals surface area contributed by atoms with E-state index < -0.39 is 0 Å². The SMILES string of the molecule is Cc1ccc(SCC(=N)N2CCN(C)CC2)cc1. The third-order valence-corrected chi connectivity index (χ3v) is 4.30. The van der Waals surface area contributed by atoms with Gasteiger partial charge in [0.1, 0.15) is 5.84 Å². The summed E-state index contributed by atoms with van der Waals surface area (Å²) in [6, 6.07) is 8.53. The van der Waals surface area contributed by atoms with E-state index in [9.17, 15) is 0 Å². The fourth-order valence-electron chi connectivity index (χ4n) is 1.95. The molecule has 2 rings (SSSR count). The number of hydrogen-bond acceptors (Lipinski definition) is 3. The molecular weight excluding hydrogens is 242 g/mol. The molecule has 1 N–H and O–H groups in total. The van der Waals surface area contributed by atoms with E-state index in [-0.39, 0.29) is 0 Å². The predicted octanol–water partition coefficient (Wildman–Crippen LogP) is 2.31. The molecule has 18 heavy (non-hydrogen) atoms. The van der Waals surface area contributed by atoms with E-state index in [0.29, 0.717) is 0 Å². The van der Waals surface area contributed by atoms with Gasteiger partial charge in [0.05, 0.1) is 5.75 Å². The molecule has 0 aromatic heterocycles. The quantitative estimate of drug-likeness (QED) is 0.516. The Morgan fingerprint density at radius 3 is 2.39 bits per heavy atom. The molecule has 1 fully saturated rings. The first-order valence-electron chi connectivity index (χ1n) is 6.35. The zero-order valence-electron chi connectivity index (χ0n) is 11.1. The fraction of sp³-hybridized carbons (Fsp3) is 0.500. The van der Waals surface area contributed by atoms with Crippen molar-refractivity contribution in [3.8, 4) is 0 Å². The van der Waals surface area contributed by atoms with Crippen LogP contribution < -0.4 is 0 Å². The lowest BCUT2D eigenvalue weighted by Gasteiger charge is -2.34. The first-order chi connectivity index (χ1) is 8.65. The Morgan fingerprint density at radius 1 is 1.17 bits per heavy atom. The van der Waals surface area contributed by atoms with Crippen LogP contribution in [0.25, 0.3) is 0 Å². The van der Waals surface area contributed by atoms with Crippen molar-refractivity contribution in [3.05, 3.63) is 29.8 Å². The molecule has 0 atom stereocenters. The first-order valence-corrected chi connectivity index (χ1v) is 7.34. The largest absolute Gasteiger partial charge is 0.357 e. The van der Waals surface area contributed by atoms with Gasteiger partial charge in [-0.1, -0.05) is 17.7 Å². The van der Waals surface area contributed by atoms with Crippen molar-refractivity contribution in [1.82, 2.24) is 9.80 Å². The van der Waals surface area contributed by atoms with Gasteiger partial charge in [0.15, 0.2) is 0 Å². The number of hydrogen-bond donors (Lipinski definition) is 1. The van der Waals surface area contributed by atoms with Gasteiger partial charge in [0.2, 0.25) is 0 Å². The Labute approximate surface area is 114 Å². The van der Waals surface area contributed by atoms with Gasteiger partial charge in [-0.2, -0.15) is 0 Å². The first kappa shape index (κ1) is 13.4. The number of rotatable bonds is 3. The van der Waals surface area contributed by atoms with Crippen LogP contribution in [-0.4, -0.2) is 54.6 Å². The normalized spacial score (nSPS) is 16.9. The van der Waals surface area contributed by atoms with Crippen molar-refractivity contribution in [1.29, 1.82) is 5.41 Å². The molecule has 4 heteroatoms. The number of aryl methyl sites for hydroxylation is 1. The van der Waals surface area contributed by atoms with Crippen LogP contribution in [0.15, 0.2) is 29.2 Å². The highest BCUT2D eigenvalue weighted by atomic mass is 32.2. The zero-order chi connectivity index (χ0) is 13.0. The number of thioether (sulfide) groups is 1. The van der Waals surface area contributed by atoms with Gasteiger partial charge >= 0.3 is 0 Å².